The van der Waals surface area contributed by atoms with Crippen molar-refractivity contribution in [2.75, 3.05) is 0 Å². The van der Waals surface area contributed by atoms with Crippen molar-refractivity contribution in [3.05, 3.63) is 125 Å². The Morgan fingerprint density at radius 2 is 0.963 bits per heavy atom. The van der Waals surface area contributed by atoms with Crippen LogP contribution in [0, 0.1) is 52.8 Å². The summed E-state index contributed by atoms with van der Waals surface area (Å²) in [6.45, 7) is 29.7. The highest BCUT2D eigenvalue weighted by Gasteiger charge is 2.28. The number of fused-ring (bicyclic) bond motifs is 8. The van der Waals surface area contributed by atoms with Gasteiger partial charge in [0.05, 0.1) is 38.1 Å². The Balaban J connectivity index is 1.28. The number of aromatic nitrogens is 4. The lowest BCUT2D eigenvalue weighted by atomic mass is 9.73. The highest BCUT2D eigenvalue weighted by atomic mass is 32.1. The second-order valence-electron chi connectivity index (χ2n) is 22.9. The normalized spacial score (nSPS) is 14.0. The van der Waals surface area contributed by atoms with Gasteiger partial charge in [0.2, 0.25) is 0 Å². The SMILES string of the molecule is CCCCCCc1cc(C#CC#C/C=C/C2=C(C)CCCC2(C)C)sc1-c1sc(C#CC#Cc2c3nc(cc4[nH]c(cc5[nH]c(cc6nc2C(CC)=C6CC)c(CC)c5CC)c(CC)c4CC)C(CC)=C3CC)cc1CCCCCC. The van der Waals surface area contributed by atoms with Crippen molar-refractivity contribution in [3.8, 4) is 57.1 Å². The molecule has 0 atom stereocenters. The van der Waals surface area contributed by atoms with E-state index in [0.29, 0.717) is 0 Å². The first-order valence-corrected chi connectivity index (χ1v) is 33.0. The number of hydrogen-bond donors (Lipinski definition) is 2. The maximum absolute atomic E-state index is 5.63. The van der Waals surface area contributed by atoms with E-state index in [1.165, 1.54) is 152 Å². The Morgan fingerprint density at radius 3 is 1.40 bits per heavy atom. The molecule has 0 fully saturated rings. The standard InChI is InChI=1S/C75H90N4S2/c1-14-24-26-30-38-51-45-53(40-32-28-29-33-43-64-50(11)37-36-44-75(64,12)13)80-73(51)74-52(39-31-27-25-15-2)46-54(81-74)41-34-35-42-63-71-61(22-9)59(20-7)69(78-71)48-67-57(18-5)55(16-3)65(76-67)47-66-56(17-4)58(19-6)68(77-66)49-70-60(21-8)62(23-10)72(63)79-70/h33,43,45-49,76-77H,14-27,30-31,36-39,44H2,1-13H3/b43-33+,65-47?,66-47?,67-48?,68-49?,69-48?,70-49?,71-63?,72-63?. The zero-order valence-electron chi connectivity index (χ0n) is 51.6. The van der Waals surface area contributed by atoms with Crippen molar-refractivity contribution >= 4 is 67.0 Å². The average Bonchev–Trinajstić information content (AvgIpc) is 4.35. The molecular formula is C75H90N4S2. The van der Waals surface area contributed by atoms with Crippen LogP contribution in [0.2, 0.25) is 0 Å². The highest BCUT2D eigenvalue weighted by Crippen LogP contribution is 2.44. The highest BCUT2D eigenvalue weighted by molar-refractivity contribution is 7.23. The van der Waals surface area contributed by atoms with Crippen LogP contribution in [0.3, 0.4) is 0 Å². The van der Waals surface area contributed by atoms with Crippen LogP contribution < -0.4 is 0 Å². The number of hydrogen-bond acceptors (Lipinski definition) is 4. The maximum Gasteiger partial charge on any atom is 0.0851 e. The van der Waals surface area contributed by atoms with Gasteiger partial charge in [-0.05, 0) is 248 Å². The minimum absolute atomic E-state index is 0.194. The molecule has 0 saturated carbocycles. The Hall–Kier alpha value is -6.28. The first-order valence-electron chi connectivity index (χ1n) is 31.3. The van der Waals surface area contributed by atoms with Crippen molar-refractivity contribution in [2.45, 2.75) is 225 Å². The third kappa shape index (κ3) is 13.6. The predicted octanol–water partition coefficient (Wildman–Crippen LogP) is 20.9. The van der Waals surface area contributed by atoms with E-state index in [2.05, 4.69) is 184 Å². The van der Waals surface area contributed by atoms with Gasteiger partial charge in [-0.1, -0.05) is 139 Å². The number of aromatic amines is 2. The lowest BCUT2D eigenvalue weighted by Gasteiger charge is -2.32. The van der Waals surface area contributed by atoms with Crippen molar-refractivity contribution in [2.24, 2.45) is 5.41 Å². The van der Waals surface area contributed by atoms with E-state index < -0.39 is 0 Å². The summed E-state index contributed by atoms with van der Waals surface area (Å²) in [5.74, 6) is 27.3. The molecule has 0 unspecified atom stereocenters. The van der Waals surface area contributed by atoms with Crippen LogP contribution in [0.1, 0.15) is 258 Å². The summed E-state index contributed by atoms with van der Waals surface area (Å²) in [5.41, 5.74) is 25.9. The molecule has 5 aromatic heterocycles. The second kappa shape index (κ2) is 28.6. The van der Waals surface area contributed by atoms with Crippen molar-refractivity contribution in [1.82, 2.24) is 19.9 Å². The average molecular weight is 1110 g/mol. The maximum atomic E-state index is 5.63. The molecule has 2 N–H and O–H groups in total. The summed E-state index contributed by atoms with van der Waals surface area (Å²) in [4.78, 5) is 24.0. The zero-order chi connectivity index (χ0) is 57.6. The number of nitrogens with zero attached hydrogens (tertiary/aromatic N) is 2. The monoisotopic (exact) mass is 1110 g/mol. The van der Waals surface area contributed by atoms with Gasteiger partial charge in [0.1, 0.15) is 0 Å². The Morgan fingerprint density at radius 1 is 0.519 bits per heavy atom. The minimum Gasteiger partial charge on any atom is -0.355 e. The van der Waals surface area contributed by atoms with E-state index in [-0.39, 0.29) is 5.41 Å². The summed E-state index contributed by atoms with van der Waals surface area (Å²) in [5, 5.41) is 0. The number of nitrogens with one attached hydrogen (secondary N) is 2. The van der Waals surface area contributed by atoms with E-state index in [0.717, 1.165) is 120 Å². The first-order chi connectivity index (χ1) is 39.4. The van der Waals surface area contributed by atoms with E-state index in [9.17, 15) is 0 Å². The van der Waals surface area contributed by atoms with E-state index >= 15 is 0 Å². The molecule has 0 amide bonds. The molecule has 8 rings (SSSR count). The molecule has 8 bridgehead atoms. The molecule has 422 valence electrons. The largest absolute Gasteiger partial charge is 0.355 e. The van der Waals surface area contributed by atoms with Crippen LogP contribution in [0.15, 0.2) is 53.6 Å². The van der Waals surface area contributed by atoms with Crippen molar-refractivity contribution < 1.29 is 0 Å². The molecule has 81 heavy (non-hydrogen) atoms. The molecule has 0 saturated heterocycles. The first kappa shape index (κ1) is 60.8. The second-order valence-corrected chi connectivity index (χ2v) is 25.0. The van der Waals surface area contributed by atoms with E-state index in [1.54, 1.807) is 0 Å². The summed E-state index contributed by atoms with van der Waals surface area (Å²) < 4.78 is 0. The van der Waals surface area contributed by atoms with Crippen LogP contribution in [0.5, 0.6) is 0 Å². The number of aryl methyl sites for hydroxylation is 6. The lowest BCUT2D eigenvalue weighted by molar-refractivity contribution is 0.377. The van der Waals surface area contributed by atoms with Crippen molar-refractivity contribution in [3.63, 3.8) is 0 Å². The van der Waals surface area contributed by atoms with Crippen LogP contribution in [-0.2, 0) is 38.5 Å². The van der Waals surface area contributed by atoms with Crippen LogP contribution in [0.4, 0.5) is 0 Å². The summed E-state index contributed by atoms with van der Waals surface area (Å²) in [6.07, 6.45) is 26.9. The molecule has 2 aliphatic heterocycles. The summed E-state index contributed by atoms with van der Waals surface area (Å²) in [6, 6.07) is 11.7. The third-order valence-electron chi connectivity index (χ3n) is 17.2. The summed E-state index contributed by atoms with van der Waals surface area (Å²) in [7, 11) is 0. The van der Waals surface area contributed by atoms with Gasteiger partial charge in [0.15, 0.2) is 0 Å². The lowest BCUT2D eigenvalue weighted by Crippen LogP contribution is -2.18. The van der Waals surface area contributed by atoms with Crippen LogP contribution >= 0.6 is 22.7 Å². The molecule has 1 aliphatic carbocycles. The minimum atomic E-state index is 0.194. The Bertz CT molecular complexity index is 3580. The van der Waals surface area contributed by atoms with Crippen molar-refractivity contribution in [1.29, 1.82) is 0 Å². The number of rotatable bonds is 20. The summed E-state index contributed by atoms with van der Waals surface area (Å²) >= 11 is 3.66. The molecule has 0 spiro atoms. The zero-order valence-corrected chi connectivity index (χ0v) is 53.2. The molecule has 7 heterocycles. The Kier molecular flexibility index (Phi) is 21.5. The molecule has 3 aliphatic rings. The van der Waals surface area contributed by atoms with Gasteiger partial charge < -0.3 is 9.97 Å². The fourth-order valence-corrected chi connectivity index (χ4v) is 15.3. The number of allylic oxidation sites excluding steroid dienone is 8. The fraction of sp³-hybridized carbons (Fsp3) is 0.467. The van der Waals surface area contributed by atoms with Gasteiger partial charge in [0.25, 0.3) is 0 Å². The van der Waals surface area contributed by atoms with Gasteiger partial charge >= 0.3 is 0 Å². The van der Waals surface area contributed by atoms with Crippen LogP contribution in [0.25, 0.3) is 54.1 Å². The molecule has 6 heteroatoms. The number of H-pyrrole nitrogens is 2. The predicted molar refractivity (Wildman–Crippen MR) is 355 cm³/mol. The third-order valence-corrected chi connectivity index (χ3v) is 19.5. The molecule has 0 radical (unpaired) electrons. The molecular weight excluding hydrogens is 1020 g/mol. The Labute approximate surface area is 496 Å². The van der Waals surface area contributed by atoms with E-state index in [1.807, 2.05) is 28.7 Å². The van der Waals surface area contributed by atoms with Gasteiger partial charge in [-0.3, -0.25) is 0 Å². The molecule has 0 aromatic carbocycles. The van der Waals surface area contributed by atoms with Gasteiger partial charge in [-0.25, -0.2) is 9.97 Å². The van der Waals surface area contributed by atoms with Gasteiger partial charge in [0, 0.05) is 31.8 Å². The van der Waals surface area contributed by atoms with Gasteiger partial charge in [-0.15, -0.1) is 22.7 Å². The molecule has 5 aromatic rings. The number of thiophene rings is 2. The fourth-order valence-electron chi connectivity index (χ4n) is 13.0. The quantitative estimate of drug-likeness (QED) is 0.0603. The molecule has 4 nitrogen and oxygen atoms in total. The van der Waals surface area contributed by atoms with Crippen LogP contribution in [-0.4, -0.2) is 19.9 Å². The number of unbranched alkanes of at least 4 members (excludes halogenated alkanes) is 6. The smallest absolute Gasteiger partial charge is 0.0851 e. The van der Waals surface area contributed by atoms with E-state index in [4.69, 9.17) is 9.97 Å². The topological polar surface area (TPSA) is 57.4 Å². The van der Waals surface area contributed by atoms with Gasteiger partial charge in [-0.2, -0.15) is 0 Å².